The lowest BCUT2D eigenvalue weighted by Crippen LogP contribution is -2.37. The number of nitrogens with one attached hydrogen (secondary N) is 2. The molecule has 0 aromatic heterocycles. The van der Waals surface area contributed by atoms with Crippen LogP contribution in [0.4, 0.5) is 14.9 Å². The van der Waals surface area contributed by atoms with E-state index in [-0.39, 0.29) is 5.69 Å². The molecule has 6 heteroatoms. The van der Waals surface area contributed by atoms with Crippen molar-refractivity contribution in [1.82, 2.24) is 5.32 Å². The van der Waals surface area contributed by atoms with E-state index in [1.807, 2.05) is 24.3 Å². The fourth-order valence-electron chi connectivity index (χ4n) is 2.64. The van der Waals surface area contributed by atoms with Gasteiger partial charge in [0.15, 0.2) is 0 Å². The Morgan fingerprint density at radius 1 is 1.27 bits per heavy atom. The van der Waals surface area contributed by atoms with Crippen LogP contribution in [0.15, 0.2) is 42.5 Å². The lowest BCUT2D eigenvalue weighted by atomic mass is 10.1. The van der Waals surface area contributed by atoms with Crippen LogP contribution in [0.3, 0.4) is 0 Å². The highest BCUT2D eigenvalue weighted by atomic mass is 35.5. The Labute approximate surface area is 131 Å². The zero-order valence-corrected chi connectivity index (χ0v) is 12.3. The molecule has 0 unspecified atom stereocenters. The number of carbonyl (C=O) groups excluding carboxylic acids is 1. The smallest absolute Gasteiger partial charge is 0.319 e. The Morgan fingerprint density at radius 2 is 2.05 bits per heavy atom. The van der Waals surface area contributed by atoms with Crippen molar-refractivity contribution in [2.75, 3.05) is 5.32 Å². The second kappa shape index (κ2) is 5.94. The number of benzene rings is 2. The molecule has 0 saturated heterocycles. The summed E-state index contributed by atoms with van der Waals surface area (Å²) in [6, 6.07) is 10.3. The first-order valence-electron chi connectivity index (χ1n) is 6.83. The summed E-state index contributed by atoms with van der Waals surface area (Å²) in [4.78, 5) is 12.0. The third kappa shape index (κ3) is 2.91. The maximum absolute atomic E-state index is 13.6. The number of halogens is 2. The lowest BCUT2D eigenvalue weighted by molar-refractivity contribution is 0.144. The SMILES string of the molecule is O=C(Nc1cc(Cl)ccc1F)N[C@@H]1c2ccccc2C[C@@H]1O. The van der Waals surface area contributed by atoms with Crippen molar-refractivity contribution >= 4 is 23.3 Å². The van der Waals surface area contributed by atoms with E-state index < -0.39 is 24.0 Å². The molecule has 0 spiro atoms. The first kappa shape index (κ1) is 14.8. The van der Waals surface area contributed by atoms with Crippen molar-refractivity contribution < 1.29 is 14.3 Å². The summed E-state index contributed by atoms with van der Waals surface area (Å²) in [5.41, 5.74) is 1.86. The molecule has 1 aliphatic rings. The highest BCUT2D eigenvalue weighted by Crippen LogP contribution is 2.31. The summed E-state index contributed by atoms with van der Waals surface area (Å²) in [7, 11) is 0. The number of anilines is 1. The minimum absolute atomic E-state index is 0.00854. The van der Waals surface area contributed by atoms with Gasteiger partial charge in [-0.3, -0.25) is 0 Å². The van der Waals surface area contributed by atoms with E-state index in [0.29, 0.717) is 11.4 Å². The van der Waals surface area contributed by atoms with Gasteiger partial charge >= 0.3 is 6.03 Å². The van der Waals surface area contributed by atoms with E-state index >= 15 is 0 Å². The zero-order valence-electron chi connectivity index (χ0n) is 11.5. The molecule has 3 N–H and O–H groups in total. The van der Waals surface area contributed by atoms with Gasteiger partial charge in [0.25, 0.3) is 0 Å². The molecule has 2 aromatic rings. The molecule has 0 fully saturated rings. The highest BCUT2D eigenvalue weighted by molar-refractivity contribution is 6.30. The summed E-state index contributed by atoms with van der Waals surface area (Å²) in [6.07, 6.45) is -0.223. The molecular weight excluding hydrogens is 307 g/mol. The van der Waals surface area contributed by atoms with Gasteiger partial charge in [-0.2, -0.15) is 0 Å². The standard InChI is InChI=1S/C16H14ClFN2O2/c17-10-5-6-12(18)13(8-10)19-16(22)20-15-11-4-2-1-3-9(11)7-14(15)21/h1-6,8,14-15,21H,7H2,(H2,19,20,22)/t14-,15+/m0/s1. The molecule has 0 aliphatic heterocycles. The van der Waals surface area contributed by atoms with Crippen LogP contribution >= 0.6 is 11.6 Å². The van der Waals surface area contributed by atoms with Crippen molar-refractivity contribution in [3.05, 3.63) is 64.4 Å². The molecule has 4 nitrogen and oxygen atoms in total. The van der Waals surface area contributed by atoms with Crippen molar-refractivity contribution in [1.29, 1.82) is 0 Å². The number of aliphatic hydroxyl groups excluding tert-OH is 1. The number of carbonyl (C=O) groups is 1. The van der Waals surface area contributed by atoms with Crippen LogP contribution in [-0.2, 0) is 6.42 Å². The van der Waals surface area contributed by atoms with Crippen LogP contribution in [0.1, 0.15) is 17.2 Å². The van der Waals surface area contributed by atoms with Crippen molar-refractivity contribution in [2.45, 2.75) is 18.6 Å². The fourth-order valence-corrected chi connectivity index (χ4v) is 2.81. The molecule has 0 bridgehead atoms. The van der Waals surface area contributed by atoms with E-state index in [1.165, 1.54) is 18.2 Å². The van der Waals surface area contributed by atoms with Gasteiger partial charge in [-0.25, -0.2) is 9.18 Å². The summed E-state index contributed by atoms with van der Waals surface area (Å²) < 4.78 is 13.6. The Hall–Kier alpha value is -2.11. The number of fused-ring (bicyclic) bond motifs is 1. The maximum atomic E-state index is 13.6. The average molecular weight is 321 g/mol. The molecule has 2 aromatic carbocycles. The van der Waals surface area contributed by atoms with E-state index in [2.05, 4.69) is 10.6 Å². The van der Waals surface area contributed by atoms with Crippen molar-refractivity contribution in [3.63, 3.8) is 0 Å². The average Bonchev–Trinajstić information content (AvgIpc) is 2.79. The Balaban J connectivity index is 1.73. The third-order valence-electron chi connectivity index (χ3n) is 3.67. The van der Waals surface area contributed by atoms with Gasteiger partial charge in [0.1, 0.15) is 5.82 Å². The van der Waals surface area contributed by atoms with E-state index in [0.717, 1.165) is 11.1 Å². The summed E-state index contributed by atoms with van der Waals surface area (Å²) in [6.45, 7) is 0. The molecule has 0 heterocycles. The monoisotopic (exact) mass is 320 g/mol. The normalized spacial score (nSPS) is 19.6. The van der Waals surface area contributed by atoms with Crippen LogP contribution in [0.5, 0.6) is 0 Å². The molecule has 3 rings (SSSR count). The number of aliphatic hydroxyl groups is 1. The first-order chi connectivity index (χ1) is 10.5. The van der Waals surface area contributed by atoms with Crippen LogP contribution in [0.25, 0.3) is 0 Å². The minimum atomic E-state index is -0.702. The van der Waals surface area contributed by atoms with Crippen LogP contribution < -0.4 is 10.6 Å². The van der Waals surface area contributed by atoms with Gasteiger partial charge in [-0.1, -0.05) is 35.9 Å². The maximum Gasteiger partial charge on any atom is 0.319 e. The van der Waals surface area contributed by atoms with Gasteiger partial charge in [-0.05, 0) is 29.3 Å². The van der Waals surface area contributed by atoms with E-state index in [4.69, 9.17) is 11.6 Å². The molecule has 2 amide bonds. The first-order valence-corrected chi connectivity index (χ1v) is 7.21. The Kier molecular flexibility index (Phi) is 4.00. The predicted octanol–water partition coefficient (Wildman–Crippen LogP) is 3.26. The van der Waals surface area contributed by atoms with Gasteiger partial charge in [0, 0.05) is 11.4 Å². The number of hydrogen-bond acceptors (Lipinski definition) is 2. The number of amides is 2. The number of urea groups is 1. The Bertz CT molecular complexity index is 723. The number of hydrogen-bond donors (Lipinski definition) is 3. The van der Waals surface area contributed by atoms with E-state index in [1.54, 1.807) is 0 Å². The largest absolute Gasteiger partial charge is 0.390 e. The summed E-state index contributed by atoms with van der Waals surface area (Å²) in [5.74, 6) is -0.577. The molecule has 0 saturated carbocycles. The molecule has 2 atom stereocenters. The fraction of sp³-hybridized carbons (Fsp3) is 0.188. The molecule has 1 aliphatic carbocycles. The van der Waals surface area contributed by atoms with Gasteiger partial charge in [-0.15, -0.1) is 0 Å². The third-order valence-corrected chi connectivity index (χ3v) is 3.90. The minimum Gasteiger partial charge on any atom is -0.390 e. The van der Waals surface area contributed by atoms with Crippen LogP contribution in [-0.4, -0.2) is 17.2 Å². The predicted molar refractivity (Wildman–Crippen MR) is 82.5 cm³/mol. The lowest BCUT2D eigenvalue weighted by Gasteiger charge is -2.18. The summed E-state index contributed by atoms with van der Waals surface area (Å²) >= 11 is 5.78. The second-order valence-electron chi connectivity index (χ2n) is 5.17. The Morgan fingerprint density at radius 3 is 2.86 bits per heavy atom. The van der Waals surface area contributed by atoms with Gasteiger partial charge in [0.2, 0.25) is 0 Å². The highest BCUT2D eigenvalue weighted by Gasteiger charge is 2.31. The molecular formula is C16H14ClFN2O2. The van der Waals surface area contributed by atoms with Crippen molar-refractivity contribution in [3.8, 4) is 0 Å². The summed E-state index contributed by atoms with van der Waals surface area (Å²) in [5, 5.41) is 15.5. The second-order valence-corrected chi connectivity index (χ2v) is 5.61. The number of rotatable bonds is 2. The molecule has 0 radical (unpaired) electrons. The van der Waals surface area contributed by atoms with E-state index in [9.17, 15) is 14.3 Å². The molecule has 114 valence electrons. The van der Waals surface area contributed by atoms with Crippen LogP contribution in [0.2, 0.25) is 5.02 Å². The molecule has 22 heavy (non-hydrogen) atoms. The quantitative estimate of drug-likeness (QED) is 0.795. The van der Waals surface area contributed by atoms with Gasteiger partial charge in [0.05, 0.1) is 17.8 Å². The zero-order chi connectivity index (χ0) is 15.7. The van der Waals surface area contributed by atoms with Crippen LogP contribution in [0, 0.1) is 5.82 Å². The van der Waals surface area contributed by atoms with Gasteiger partial charge < -0.3 is 15.7 Å². The topological polar surface area (TPSA) is 61.4 Å². The van der Waals surface area contributed by atoms with Crippen molar-refractivity contribution in [2.24, 2.45) is 0 Å².